The number of anilines is 1. The van der Waals surface area contributed by atoms with Crippen LogP contribution in [0.5, 0.6) is 0 Å². The summed E-state index contributed by atoms with van der Waals surface area (Å²) in [6, 6.07) is 15.7. The monoisotopic (exact) mass is 299 g/mol. The summed E-state index contributed by atoms with van der Waals surface area (Å²) in [6.07, 6.45) is -0.693. The van der Waals surface area contributed by atoms with E-state index >= 15 is 0 Å². The lowest BCUT2D eigenvalue weighted by Gasteiger charge is -2.15. The number of esters is 1. The summed E-state index contributed by atoms with van der Waals surface area (Å²) in [5.41, 5.74) is 1.77. The minimum absolute atomic E-state index is 0.278. The average molecular weight is 299 g/mol. The van der Waals surface area contributed by atoms with Crippen LogP contribution < -0.4 is 5.32 Å². The van der Waals surface area contributed by atoms with Crippen LogP contribution in [0.1, 0.15) is 22.0 Å². The van der Waals surface area contributed by atoms with Crippen molar-refractivity contribution in [3.05, 3.63) is 65.7 Å². The van der Waals surface area contributed by atoms with Crippen molar-refractivity contribution in [1.82, 2.24) is 0 Å². The first kappa shape index (κ1) is 15.7. The van der Waals surface area contributed by atoms with E-state index in [0.717, 1.165) is 5.56 Å². The summed E-state index contributed by atoms with van der Waals surface area (Å²) < 4.78 is 9.89. The second-order valence-electron chi connectivity index (χ2n) is 4.58. The maximum absolute atomic E-state index is 12.3. The third-order valence-electron chi connectivity index (χ3n) is 3.15. The molecule has 0 heterocycles. The summed E-state index contributed by atoms with van der Waals surface area (Å²) >= 11 is 0. The van der Waals surface area contributed by atoms with Crippen LogP contribution in [0.15, 0.2) is 54.6 Å². The number of carbonyl (C=O) groups is 2. The number of amides is 1. The van der Waals surface area contributed by atoms with Gasteiger partial charge in [0.05, 0.1) is 12.7 Å². The zero-order valence-corrected chi connectivity index (χ0v) is 12.4. The molecule has 2 rings (SSSR count). The zero-order chi connectivity index (χ0) is 15.9. The van der Waals surface area contributed by atoms with E-state index in [9.17, 15) is 9.59 Å². The van der Waals surface area contributed by atoms with Crippen molar-refractivity contribution < 1.29 is 19.1 Å². The van der Waals surface area contributed by atoms with Gasteiger partial charge in [0.25, 0.3) is 5.91 Å². The number of benzene rings is 2. The molecule has 0 saturated carbocycles. The van der Waals surface area contributed by atoms with E-state index in [1.807, 2.05) is 30.3 Å². The summed E-state index contributed by atoms with van der Waals surface area (Å²) in [7, 11) is 2.80. The first-order valence-electron chi connectivity index (χ1n) is 6.72. The van der Waals surface area contributed by atoms with E-state index < -0.39 is 12.1 Å². The fourth-order valence-electron chi connectivity index (χ4n) is 2.04. The summed E-state index contributed by atoms with van der Waals surface area (Å²) in [6.45, 7) is 0. The Kier molecular flexibility index (Phi) is 5.27. The molecule has 0 fully saturated rings. The van der Waals surface area contributed by atoms with Crippen molar-refractivity contribution in [2.24, 2.45) is 0 Å². The van der Waals surface area contributed by atoms with Crippen molar-refractivity contribution in [2.75, 3.05) is 19.5 Å². The van der Waals surface area contributed by atoms with Gasteiger partial charge in [0, 0.05) is 12.8 Å². The Labute approximate surface area is 128 Å². The predicted molar refractivity (Wildman–Crippen MR) is 82.6 cm³/mol. The van der Waals surface area contributed by atoms with Crippen molar-refractivity contribution >= 4 is 17.6 Å². The summed E-state index contributed by atoms with van der Waals surface area (Å²) in [5, 5.41) is 2.76. The topological polar surface area (TPSA) is 64.6 Å². The molecule has 0 bridgehead atoms. The van der Waals surface area contributed by atoms with E-state index in [1.54, 1.807) is 24.3 Å². The molecule has 0 aliphatic carbocycles. The molecule has 0 aliphatic heterocycles. The molecular weight excluding hydrogens is 282 g/mol. The Bertz CT molecular complexity index is 637. The number of hydrogen-bond donors (Lipinski definition) is 1. The largest absolute Gasteiger partial charge is 0.465 e. The Morgan fingerprint density at radius 1 is 0.955 bits per heavy atom. The van der Waals surface area contributed by atoms with Gasteiger partial charge in [-0.1, -0.05) is 30.3 Å². The fraction of sp³-hybridized carbons (Fsp3) is 0.176. The van der Waals surface area contributed by atoms with Crippen LogP contribution in [-0.4, -0.2) is 26.1 Å². The minimum Gasteiger partial charge on any atom is -0.465 e. The highest BCUT2D eigenvalue weighted by atomic mass is 16.5. The predicted octanol–water partition coefficient (Wildman–Crippen LogP) is 2.80. The molecule has 22 heavy (non-hydrogen) atoms. The van der Waals surface area contributed by atoms with Crippen LogP contribution >= 0.6 is 0 Å². The molecule has 5 nitrogen and oxygen atoms in total. The second kappa shape index (κ2) is 7.38. The van der Waals surface area contributed by atoms with Gasteiger partial charge in [0.1, 0.15) is 0 Å². The van der Waals surface area contributed by atoms with Crippen molar-refractivity contribution in [2.45, 2.75) is 6.10 Å². The number of methoxy groups -OCH3 is 2. The van der Waals surface area contributed by atoms with Gasteiger partial charge in [-0.15, -0.1) is 0 Å². The average Bonchev–Trinajstić information content (AvgIpc) is 2.56. The van der Waals surface area contributed by atoms with Crippen LogP contribution in [0, 0.1) is 0 Å². The molecule has 2 aromatic carbocycles. The van der Waals surface area contributed by atoms with Gasteiger partial charge >= 0.3 is 5.97 Å². The van der Waals surface area contributed by atoms with Crippen LogP contribution in [-0.2, 0) is 14.3 Å². The standard InChI is InChI=1S/C17H17NO4/c1-21-15(12-6-4-3-5-7-12)16(19)18-14-10-8-13(9-11-14)17(20)22-2/h3-11,15H,1-2H3,(H,18,19)/t15-/m1/s1. The normalized spacial score (nSPS) is 11.5. The first-order valence-corrected chi connectivity index (χ1v) is 6.72. The molecule has 1 amide bonds. The molecule has 0 aromatic heterocycles. The van der Waals surface area contributed by atoms with Crippen molar-refractivity contribution in [1.29, 1.82) is 0 Å². The maximum atomic E-state index is 12.3. The van der Waals surface area contributed by atoms with Gasteiger partial charge in [-0.2, -0.15) is 0 Å². The third kappa shape index (κ3) is 3.71. The molecule has 0 radical (unpaired) electrons. The van der Waals surface area contributed by atoms with Crippen LogP contribution in [0.2, 0.25) is 0 Å². The molecule has 1 N–H and O–H groups in total. The number of ether oxygens (including phenoxy) is 2. The van der Waals surface area contributed by atoms with Gasteiger partial charge in [-0.05, 0) is 29.8 Å². The Morgan fingerprint density at radius 2 is 1.59 bits per heavy atom. The SMILES string of the molecule is COC(=O)c1ccc(NC(=O)[C@H](OC)c2ccccc2)cc1. The highest BCUT2D eigenvalue weighted by Crippen LogP contribution is 2.19. The minimum atomic E-state index is -0.693. The Hall–Kier alpha value is -2.66. The number of rotatable bonds is 5. The van der Waals surface area contributed by atoms with E-state index in [-0.39, 0.29) is 5.91 Å². The Balaban J connectivity index is 2.09. The van der Waals surface area contributed by atoms with Crippen molar-refractivity contribution in [3.63, 3.8) is 0 Å². The molecule has 1 atom stereocenters. The highest BCUT2D eigenvalue weighted by Gasteiger charge is 2.19. The molecular formula is C17H17NO4. The number of hydrogen-bond acceptors (Lipinski definition) is 4. The lowest BCUT2D eigenvalue weighted by Crippen LogP contribution is -2.22. The molecule has 0 spiro atoms. The third-order valence-corrected chi connectivity index (χ3v) is 3.15. The summed E-state index contributed by atoms with van der Waals surface area (Å²) in [5.74, 6) is -0.698. The smallest absolute Gasteiger partial charge is 0.337 e. The number of nitrogens with one attached hydrogen (secondary N) is 1. The van der Waals surface area contributed by atoms with Gasteiger partial charge in [0.15, 0.2) is 6.10 Å². The van der Waals surface area contributed by atoms with Crippen molar-refractivity contribution in [3.8, 4) is 0 Å². The first-order chi connectivity index (χ1) is 10.7. The fourth-order valence-corrected chi connectivity index (χ4v) is 2.04. The van der Waals surface area contributed by atoms with Gasteiger partial charge in [0.2, 0.25) is 0 Å². The van der Waals surface area contributed by atoms with Crippen LogP contribution in [0.4, 0.5) is 5.69 Å². The Morgan fingerprint density at radius 3 is 2.14 bits per heavy atom. The quantitative estimate of drug-likeness (QED) is 0.862. The van der Waals surface area contributed by atoms with Crippen LogP contribution in [0.25, 0.3) is 0 Å². The lowest BCUT2D eigenvalue weighted by molar-refractivity contribution is -0.126. The molecule has 114 valence electrons. The zero-order valence-electron chi connectivity index (χ0n) is 12.4. The molecule has 0 aliphatic rings. The van der Waals surface area contributed by atoms with E-state index in [2.05, 4.69) is 10.1 Å². The molecule has 5 heteroatoms. The second-order valence-corrected chi connectivity index (χ2v) is 4.58. The van der Waals surface area contributed by atoms with E-state index in [4.69, 9.17) is 4.74 Å². The molecule has 0 saturated heterocycles. The van der Waals surface area contributed by atoms with Gasteiger partial charge < -0.3 is 14.8 Å². The van der Waals surface area contributed by atoms with Gasteiger partial charge in [-0.3, -0.25) is 4.79 Å². The van der Waals surface area contributed by atoms with Gasteiger partial charge in [-0.25, -0.2) is 4.79 Å². The van der Waals surface area contributed by atoms with E-state index in [1.165, 1.54) is 14.2 Å². The number of carbonyl (C=O) groups excluding carboxylic acids is 2. The van der Waals surface area contributed by atoms with Crippen LogP contribution in [0.3, 0.4) is 0 Å². The summed E-state index contributed by atoms with van der Waals surface area (Å²) in [4.78, 5) is 23.6. The highest BCUT2D eigenvalue weighted by molar-refractivity contribution is 5.95. The molecule has 0 unspecified atom stereocenters. The maximum Gasteiger partial charge on any atom is 0.337 e. The van der Waals surface area contributed by atoms with E-state index in [0.29, 0.717) is 11.3 Å². The molecule has 2 aromatic rings. The lowest BCUT2D eigenvalue weighted by atomic mass is 10.1.